The molecule has 0 bridgehead atoms. The van der Waals surface area contributed by atoms with Crippen LogP contribution in [0, 0.1) is 11.8 Å². The number of carbonyl (C=O) groups is 1. The summed E-state index contributed by atoms with van der Waals surface area (Å²) in [7, 11) is 0. The van der Waals surface area contributed by atoms with Crippen molar-refractivity contribution in [3.8, 4) is 0 Å². The first kappa shape index (κ1) is 22.0. The third-order valence-electron chi connectivity index (χ3n) is 7.27. The monoisotopic (exact) mass is 478 g/mol. The van der Waals surface area contributed by atoms with E-state index < -0.39 is 17.8 Å². The first-order chi connectivity index (χ1) is 16.6. The van der Waals surface area contributed by atoms with Gasteiger partial charge in [0.25, 0.3) is 0 Å². The van der Waals surface area contributed by atoms with E-state index in [4.69, 9.17) is 1.37 Å². The van der Waals surface area contributed by atoms with Crippen molar-refractivity contribution in [1.82, 2.24) is 20.2 Å². The molecule has 1 unspecified atom stereocenters. The molecule has 3 fully saturated rings. The summed E-state index contributed by atoms with van der Waals surface area (Å²) < 4.78 is 48.1. The van der Waals surface area contributed by atoms with Crippen LogP contribution in [0.2, 0.25) is 0 Å². The molecule has 5 rings (SSSR count). The molecule has 2 aromatic rings. The van der Waals surface area contributed by atoms with Gasteiger partial charge in [-0.1, -0.05) is 0 Å². The molecular formula is C24H30F3N5O2. The van der Waals surface area contributed by atoms with E-state index in [1.54, 1.807) is 0 Å². The van der Waals surface area contributed by atoms with E-state index in [2.05, 4.69) is 25.5 Å². The maximum Gasteiger partial charge on any atom is 0.416 e. The number of nitrogens with zero attached hydrogens (tertiary/aromatic N) is 3. The molecule has 3 aliphatic rings. The average Bonchev–Trinajstić information content (AvgIpc) is 3.64. The van der Waals surface area contributed by atoms with Crippen molar-refractivity contribution in [3.05, 3.63) is 30.1 Å². The molecule has 2 saturated carbocycles. The predicted molar refractivity (Wildman–Crippen MR) is 121 cm³/mol. The molecule has 1 aliphatic heterocycles. The highest BCUT2D eigenvalue weighted by Gasteiger charge is 2.40. The quantitative estimate of drug-likeness (QED) is 0.566. The Labute approximate surface area is 197 Å². The minimum absolute atomic E-state index is 0.0692. The second-order valence-electron chi connectivity index (χ2n) is 9.71. The van der Waals surface area contributed by atoms with Crippen molar-refractivity contribution < 1.29 is 24.4 Å². The van der Waals surface area contributed by atoms with Gasteiger partial charge in [0.05, 0.1) is 29.8 Å². The number of halogens is 3. The zero-order valence-corrected chi connectivity index (χ0v) is 18.8. The number of hydrogen-bond donors (Lipinski definition) is 3. The van der Waals surface area contributed by atoms with E-state index in [1.807, 2.05) is 0 Å². The highest BCUT2D eigenvalue weighted by Crippen LogP contribution is 2.41. The van der Waals surface area contributed by atoms with Crippen LogP contribution >= 0.6 is 0 Å². The van der Waals surface area contributed by atoms with E-state index in [0.29, 0.717) is 30.4 Å². The molecule has 0 spiro atoms. The summed E-state index contributed by atoms with van der Waals surface area (Å²) in [4.78, 5) is 22.5. The number of amides is 1. The minimum atomic E-state index is -4.49. The normalized spacial score (nSPS) is 27.6. The second kappa shape index (κ2) is 9.30. The van der Waals surface area contributed by atoms with Crippen LogP contribution in [0.1, 0.15) is 45.5 Å². The second-order valence-corrected chi connectivity index (χ2v) is 9.71. The standard InChI is InChI=1S/C24H30F3N5O2/c25-24(26,27)16-5-8-20-19(9-16)23(30-13-29-20)28-10-21(33)31-17-11-32(12-17)18-6-3-15(4-7-18)22(34)14-1-2-14/h5,8-9,13-15,17-18,22,34H,1-4,6-7,10-12H2,(H,31,33)(H,28,29,30)/t15-,18-,22?/i18D. The van der Waals surface area contributed by atoms with Gasteiger partial charge in [-0.05, 0) is 68.6 Å². The number of aromatic nitrogens is 2. The van der Waals surface area contributed by atoms with Gasteiger partial charge in [-0.15, -0.1) is 0 Å². The molecular weight excluding hydrogens is 447 g/mol. The summed E-state index contributed by atoms with van der Waals surface area (Å²) in [6.07, 6.45) is 1.95. The summed E-state index contributed by atoms with van der Waals surface area (Å²) in [5, 5.41) is 16.3. The Morgan fingerprint density at radius 3 is 2.47 bits per heavy atom. The lowest BCUT2D eigenvalue weighted by atomic mass is 9.80. The maximum atomic E-state index is 13.1. The Bertz CT molecular complexity index is 1080. The number of benzene rings is 1. The number of alkyl halides is 3. The largest absolute Gasteiger partial charge is 0.416 e. The smallest absolute Gasteiger partial charge is 0.393 e. The fourth-order valence-electron chi connectivity index (χ4n) is 5.10. The average molecular weight is 479 g/mol. The summed E-state index contributed by atoms with van der Waals surface area (Å²) in [6.45, 7) is 1.05. The molecule has 34 heavy (non-hydrogen) atoms. The van der Waals surface area contributed by atoms with E-state index in [1.165, 1.54) is 12.4 Å². The molecule has 1 atom stereocenters. The molecule has 10 heteroatoms. The van der Waals surface area contributed by atoms with Crippen molar-refractivity contribution >= 4 is 22.6 Å². The number of rotatable bonds is 7. The molecule has 0 radical (unpaired) electrons. The molecule has 1 saturated heterocycles. The van der Waals surface area contributed by atoms with Gasteiger partial charge in [0, 0.05) is 25.9 Å². The van der Waals surface area contributed by atoms with Crippen molar-refractivity contribution in [2.24, 2.45) is 11.8 Å². The molecule has 1 amide bonds. The van der Waals surface area contributed by atoms with E-state index >= 15 is 0 Å². The molecule has 7 nitrogen and oxygen atoms in total. The van der Waals surface area contributed by atoms with Crippen LogP contribution in [0.15, 0.2) is 24.5 Å². The van der Waals surface area contributed by atoms with Gasteiger partial charge < -0.3 is 15.7 Å². The fourth-order valence-corrected chi connectivity index (χ4v) is 5.10. The van der Waals surface area contributed by atoms with Crippen molar-refractivity contribution in [2.45, 2.75) is 62.9 Å². The zero-order valence-electron chi connectivity index (χ0n) is 19.8. The van der Waals surface area contributed by atoms with Crippen LogP contribution in [0.3, 0.4) is 0 Å². The van der Waals surface area contributed by atoms with Crippen LogP contribution in [0.25, 0.3) is 10.9 Å². The highest BCUT2D eigenvalue weighted by atomic mass is 19.4. The van der Waals surface area contributed by atoms with Crippen LogP contribution < -0.4 is 10.6 Å². The fraction of sp³-hybridized carbons (Fsp3) is 0.625. The van der Waals surface area contributed by atoms with Gasteiger partial charge in [0.15, 0.2) is 0 Å². The van der Waals surface area contributed by atoms with Crippen LogP contribution in [-0.2, 0) is 11.0 Å². The van der Waals surface area contributed by atoms with Crippen molar-refractivity contribution in [3.63, 3.8) is 0 Å². The van der Waals surface area contributed by atoms with Gasteiger partial charge >= 0.3 is 6.18 Å². The lowest BCUT2D eigenvalue weighted by Crippen LogP contribution is -2.63. The van der Waals surface area contributed by atoms with E-state index in [-0.39, 0.29) is 35.8 Å². The Balaban J connectivity index is 1.10. The predicted octanol–water partition coefficient (Wildman–Crippen LogP) is 3.19. The number of nitrogens with one attached hydrogen (secondary N) is 2. The van der Waals surface area contributed by atoms with Crippen LogP contribution in [0.5, 0.6) is 0 Å². The molecule has 184 valence electrons. The number of aliphatic hydroxyl groups is 1. The lowest BCUT2D eigenvalue weighted by molar-refractivity contribution is -0.137. The number of fused-ring (bicyclic) bond motifs is 1. The van der Waals surface area contributed by atoms with Crippen molar-refractivity contribution in [2.75, 3.05) is 25.0 Å². The number of anilines is 1. The lowest BCUT2D eigenvalue weighted by Gasteiger charge is -2.47. The van der Waals surface area contributed by atoms with Gasteiger partial charge in [0.2, 0.25) is 5.91 Å². The highest BCUT2D eigenvalue weighted by molar-refractivity contribution is 5.91. The molecule has 2 heterocycles. The van der Waals surface area contributed by atoms with Gasteiger partial charge in [-0.3, -0.25) is 9.69 Å². The first-order valence-corrected chi connectivity index (χ1v) is 11.9. The molecule has 2 aliphatic carbocycles. The zero-order chi connectivity index (χ0) is 24.8. The van der Waals surface area contributed by atoms with Crippen LogP contribution in [-0.4, -0.2) is 63.7 Å². The summed E-state index contributed by atoms with van der Waals surface area (Å²) in [6, 6.07) is 2.51. The first-order valence-electron chi connectivity index (χ1n) is 12.4. The third kappa shape index (κ3) is 5.12. The number of likely N-dealkylation sites (tertiary alicyclic amines) is 1. The molecule has 3 N–H and O–H groups in total. The SMILES string of the molecule is [2H][C@]1(N2CC(NC(=O)CNc3ncnc4ccc(C(F)(F)F)cc34)C2)CC[C@H](C(O)C2CC2)CC1. The van der Waals surface area contributed by atoms with E-state index in [9.17, 15) is 23.1 Å². The number of aliphatic hydroxyl groups excluding tert-OH is 1. The molecule has 1 aromatic carbocycles. The van der Waals surface area contributed by atoms with E-state index in [0.717, 1.165) is 50.7 Å². The Kier molecular flexibility index (Phi) is 6.02. The van der Waals surface area contributed by atoms with Gasteiger partial charge in [0.1, 0.15) is 12.1 Å². The summed E-state index contributed by atoms with van der Waals surface area (Å²) in [5.74, 6) is 0.641. The summed E-state index contributed by atoms with van der Waals surface area (Å²) in [5.41, 5.74) is -0.451. The van der Waals surface area contributed by atoms with Crippen molar-refractivity contribution in [1.29, 1.82) is 0 Å². The number of carbonyl (C=O) groups excluding carboxylic acids is 1. The van der Waals surface area contributed by atoms with Crippen LogP contribution in [0.4, 0.5) is 19.0 Å². The minimum Gasteiger partial charge on any atom is -0.393 e. The molecule has 1 aromatic heterocycles. The Hall–Kier alpha value is -2.46. The Morgan fingerprint density at radius 2 is 1.82 bits per heavy atom. The number of hydrogen-bond acceptors (Lipinski definition) is 6. The Morgan fingerprint density at radius 1 is 1.15 bits per heavy atom. The third-order valence-corrected chi connectivity index (χ3v) is 7.27. The van der Waals surface area contributed by atoms with Gasteiger partial charge in [-0.25, -0.2) is 9.97 Å². The maximum absolute atomic E-state index is 13.1. The van der Waals surface area contributed by atoms with Gasteiger partial charge in [-0.2, -0.15) is 13.2 Å². The topological polar surface area (TPSA) is 90.4 Å². The summed E-state index contributed by atoms with van der Waals surface area (Å²) >= 11 is 0.